The van der Waals surface area contributed by atoms with Gasteiger partial charge in [0.25, 0.3) is 5.69 Å². The Labute approximate surface area is 203 Å². The van der Waals surface area contributed by atoms with E-state index in [-0.39, 0.29) is 22.8 Å². The Morgan fingerprint density at radius 2 is 1.74 bits per heavy atom. The molecule has 0 aliphatic heterocycles. The molecule has 0 saturated heterocycles. The number of carbonyl (C=O) groups excluding carboxylic acids is 1. The molecule has 9 heteroatoms. The van der Waals surface area contributed by atoms with Gasteiger partial charge < -0.3 is 5.32 Å². The van der Waals surface area contributed by atoms with E-state index in [4.69, 9.17) is 0 Å². The van der Waals surface area contributed by atoms with Crippen LogP contribution in [0.2, 0.25) is 0 Å². The number of carbonyl (C=O) groups is 1. The van der Waals surface area contributed by atoms with Gasteiger partial charge in [-0.15, -0.1) is 10.2 Å². The van der Waals surface area contributed by atoms with Crippen molar-refractivity contribution in [1.29, 1.82) is 0 Å². The molecule has 1 fully saturated rings. The Morgan fingerprint density at radius 3 is 2.32 bits per heavy atom. The van der Waals surface area contributed by atoms with E-state index in [2.05, 4.69) is 65.1 Å². The first-order valence-electron chi connectivity index (χ1n) is 11.5. The van der Waals surface area contributed by atoms with Crippen molar-refractivity contribution in [3.63, 3.8) is 0 Å². The summed E-state index contributed by atoms with van der Waals surface area (Å²) in [6, 6.07) is 14.6. The number of nitro benzene ring substituents is 1. The highest BCUT2D eigenvalue weighted by Crippen LogP contribution is 2.37. The lowest BCUT2D eigenvalue weighted by Crippen LogP contribution is -2.15. The number of nitrogens with zero attached hydrogens (tertiary/aromatic N) is 4. The zero-order valence-electron chi connectivity index (χ0n) is 19.7. The zero-order chi connectivity index (χ0) is 24.3. The Hall–Kier alpha value is -3.20. The van der Waals surface area contributed by atoms with Crippen LogP contribution in [0.15, 0.2) is 53.7 Å². The lowest BCUT2D eigenvalue weighted by atomic mass is 9.86. The number of amides is 1. The van der Waals surface area contributed by atoms with E-state index in [0.717, 1.165) is 29.4 Å². The van der Waals surface area contributed by atoms with E-state index in [0.29, 0.717) is 11.7 Å². The van der Waals surface area contributed by atoms with Gasteiger partial charge in [0.05, 0.1) is 10.7 Å². The highest BCUT2D eigenvalue weighted by Gasteiger charge is 2.25. The molecule has 1 aliphatic carbocycles. The van der Waals surface area contributed by atoms with Crippen molar-refractivity contribution in [3.8, 4) is 11.4 Å². The summed E-state index contributed by atoms with van der Waals surface area (Å²) < 4.78 is 2.20. The molecule has 1 aromatic heterocycles. The van der Waals surface area contributed by atoms with E-state index < -0.39 is 4.92 Å². The second-order valence-electron chi connectivity index (χ2n) is 9.58. The van der Waals surface area contributed by atoms with Gasteiger partial charge in [-0.1, -0.05) is 69.6 Å². The van der Waals surface area contributed by atoms with Crippen molar-refractivity contribution < 1.29 is 9.72 Å². The average Bonchev–Trinajstić information content (AvgIpc) is 3.47. The van der Waals surface area contributed by atoms with Gasteiger partial charge in [-0.05, 0) is 36.0 Å². The number of hydrogen-bond acceptors (Lipinski definition) is 6. The van der Waals surface area contributed by atoms with Gasteiger partial charge in [-0.2, -0.15) is 0 Å². The van der Waals surface area contributed by atoms with Crippen LogP contribution >= 0.6 is 11.8 Å². The first-order chi connectivity index (χ1) is 16.2. The van der Waals surface area contributed by atoms with Crippen LogP contribution < -0.4 is 5.32 Å². The van der Waals surface area contributed by atoms with Crippen LogP contribution in [0.25, 0.3) is 11.4 Å². The zero-order valence-corrected chi connectivity index (χ0v) is 20.5. The first-order valence-corrected chi connectivity index (χ1v) is 12.4. The second-order valence-corrected chi connectivity index (χ2v) is 10.5. The molecule has 0 spiro atoms. The summed E-state index contributed by atoms with van der Waals surface area (Å²) in [5.74, 6) is 0.812. The predicted molar refractivity (Wildman–Crippen MR) is 134 cm³/mol. The smallest absolute Gasteiger partial charge is 0.269 e. The highest BCUT2D eigenvalue weighted by atomic mass is 32.2. The quantitative estimate of drug-likeness (QED) is 0.253. The molecule has 0 unspecified atom stereocenters. The summed E-state index contributed by atoms with van der Waals surface area (Å²) in [7, 11) is 0. The van der Waals surface area contributed by atoms with Gasteiger partial charge in [-0.3, -0.25) is 19.5 Å². The number of hydrogen-bond donors (Lipinski definition) is 1. The average molecular weight is 480 g/mol. The second kappa shape index (κ2) is 9.97. The SMILES string of the molecule is CC(C)(C)c1ccc(-c2nnc(SCC(=O)Nc3ccc([N+](=O)[O-])cc3)n2C2CCCC2)cc1. The fraction of sp³-hybridized carbons (Fsp3) is 0.400. The fourth-order valence-corrected chi connectivity index (χ4v) is 4.98. The Balaban J connectivity index is 1.50. The molecule has 8 nitrogen and oxygen atoms in total. The largest absolute Gasteiger partial charge is 0.325 e. The minimum Gasteiger partial charge on any atom is -0.325 e. The maximum Gasteiger partial charge on any atom is 0.269 e. The number of thioether (sulfide) groups is 1. The van der Waals surface area contributed by atoms with Crippen LogP contribution in [0.3, 0.4) is 0 Å². The fourth-order valence-electron chi connectivity index (χ4n) is 4.18. The third kappa shape index (κ3) is 5.47. The Kier molecular flexibility index (Phi) is 7.02. The van der Waals surface area contributed by atoms with Crippen molar-refractivity contribution in [3.05, 3.63) is 64.2 Å². The minimum atomic E-state index is -0.467. The molecule has 0 bridgehead atoms. The number of nitro groups is 1. The van der Waals surface area contributed by atoms with Gasteiger partial charge in [0.2, 0.25) is 5.91 Å². The van der Waals surface area contributed by atoms with E-state index in [1.807, 2.05) is 0 Å². The van der Waals surface area contributed by atoms with Crippen molar-refractivity contribution in [1.82, 2.24) is 14.8 Å². The van der Waals surface area contributed by atoms with Crippen LogP contribution in [-0.4, -0.2) is 31.3 Å². The molecule has 0 atom stereocenters. The number of benzene rings is 2. The summed E-state index contributed by atoms with van der Waals surface area (Å²) in [6.07, 6.45) is 4.51. The first kappa shape index (κ1) is 23.9. The molecule has 1 heterocycles. The molecule has 2 aromatic carbocycles. The summed E-state index contributed by atoms with van der Waals surface area (Å²) in [5, 5.41) is 23.3. The minimum absolute atomic E-state index is 0.0138. The molecular formula is C25H29N5O3S. The topological polar surface area (TPSA) is 103 Å². The van der Waals surface area contributed by atoms with Crippen molar-refractivity contribution >= 4 is 29.0 Å². The molecule has 1 N–H and O–H groups in total. The Morgan fingerprint density at radius 1 is 1.09 bits per heavy atom. The standard InChI is InChI=1S/C25H29N5O3S/c1-25(2,3)18-10-8-17(9-11-18)23-27-28-24(29(23)20-6-4-5-7-20)34-16-22(31)26-19-12-14-21(15-13-19)30(32)33/h8-15,20H,4-7,16H2,1-3H3,(H,26,31). The van der Waals surface area contributed by atoms with E-state index >= 15 is 0 Å². The van der Waals surface area contributed by atoms with E-state index in [1.54, 1.807) is 0 Å². The molecule has 3 aromatic rings. The van der Waals surface area contributed by atoms with E-state index in [9.17, 15) is 14.9 Å². The van der Waals surface area contributed by atoms with Gasteiger partial charge in [0, 0.05) is 29.4 Å². The lowest BCUT2D eigenvalue weighted by Gasteiger charge is -2.20. The molecule has 178 valence electrons. The maximum atomic E-state index is 12.5. The van der Waals surface area contributed by atoms with Gasteiger partial charge in [-0.25, -0.2) is 0 Å². The summed E-state index contributed by atoms with van der Waals surface area (Å²) in [6.45, 7) is 6.58. The van der Waals surface area contributed by atoms with Gasteiger partial charge in [0.15, 0.2) is 11.0 Å². The number of rotatable bonds is 7. The van der Waals surface area contributed by atoms with Gasteiger partial charge in [0.1, 0.15) is 0 Å². The lowest BCUT2D eigenvalue weighted by molar-refractivity contribution is -0.384. The predicted octanol–water partition coefficient (Wildman–Crippen LogP) is 6.00. The molecule has 4 rings (SSSR count). The van der Waals surface area contributed by atoms with Gasteiger partial charge >= 0.3 is 0 Å². The van der Waals surface area contributed by atoms with Crippen LogP contribution in [-0.2, 0) is 10.2 Å². The molecular weight excluding hydrogens is 450 g/mol. The molecule has 34 heavy (non-hydrogen) atoms. The van der Waals surface area contributed by atoms with Crippen LogP contribution in [0.4, 0.5) is 11.4 Å². The van der Waals surface area contributed by atoms with Crippen LogP contribution in [0.1, 0.15) is 58.1 Å². The summed E-state index contributed by atoms with van der Waals surface area (Å²) in [5.41, 5.74) is 2.87. The summed E-state index contributed by atoms with van der Waals surface area (Å²) >= 11 is 1.36. The molecule has 1 aliphatic rings. The van der Waals surface area contributed by atoms with Crippen molar-refractivity contribution in [2.24, 2.45) is 0 Å². The third-order valence-electron chi connectivity index (χ3n) is 6.06. The molecule has 1 saturated carbocycles. The maximum absolute atomic E-state index is 12.5. The molecule has 0 radical (unpaired) electrons. The van der Waals surface area contributed by atoms with Crippen molar-refractivity contribution in [2.45, 2.75) is 63.1 Å². The number of aromatic nitrogens is 3. The highest BCUT2D eigenvalue weighted by molar-refractivity contribution is 7.99. The number of anilines is 1. The number of nitrogens with one attached hydrogen (secondary N) is 1. The summed E-state index contributed by atoms with van der Waals surface area (Å²) in [4.78, 5) is 22.9. The van der Waals surface area contributed by atoms with Crippen molar-refractivity contribution in [2.75, 3.05) is 11.1 Å². The van der Waals surface area contributed by atoms with Crippen LogP contribution in [0, 0.1) is 10.1 Å². The van der Waals surface area contributed by atoms with Crippen LogP contribution in [0.5, 0.6) is 0 Å². The third-order valence-corrected chi connectivity index (χ3v) is 7.00. The monoisotopic (exact) mass is 479 g/mol. The molecule has 1 amide bonds. The normalized spacial score (nSPS) is 14.3. The Bertz CT molecular complexity index is 1160. The number of non-ortho nitro benzene ring substituents is 1. The van der Waals surface area contributed by atoms with E-state index in [1.165, 1.54) is 54.4 Å².